The number of pyridine rings is 1. The van der Waals surface area contributed by atoms with Gasteiger partial charge in [-0.2, -0.15) is 10.5 Å². The highest BCUT2D eigenvalue weighted by atomic mass is 16.6. The number of nitrogens with zero attached hydrogens (tertiary/aromatic N) is 4. The lowest BCUT2D eigenvalue weighted by Crippen LogP contribution is -2.29. The average Bonchev–Trinajstić information content (AvgIpc) is 3.07. The number of benzene rings is 3. The van der Waals surface area contributed by atoms with Crippen molar-refractivity contribution in [3.63, 3.8) is 0 Å². The van der Waals surface area contributed by atoms with E-state index in [1.54, 1.807) is 18.5 Å². The molecule has 222 valence electrons. The third-order valence-corrected chi connectivity index (χ3v) is 8.02. The lowest BCUT2D eigenvalue weighted by atomic mass is 9.96. The minimum atomic E-state index is 0.223. The van der Waals surface area contributed by atoms with Crippen LogP contribution in [0.4, 0.5) is 0 Å². The standard InChI is InChI=1S/C36H34N4O4/c1-25-14-30(22-40-10-3-2-4-11-40)35(43-23-27-15-26(18-37)20-39-21-27)17-34(25)44-24-29-6-5-7-31(32(29)19-38)28-8-9-33-36(16-28)42-13-12-41-33/h5-9,14-17,20-21H,2-4,10-13,22-24H2,1H3. The van der Waals surface area contributed by atoms with Crippen LogP contribution >= 0.6 is 0 Å². The van der Waals surface area contributed by atoms with Gasteiger partial charge >= 0.3 is 0 Å². The van der Waals surface area contributed by atoms with Crippen LogP contribution in [0.15, 0.2) is 67.0 Å². The summed E-state index contributed by atoms with van der Waals surface area (Å²) in [7, 11) is 0. The van der Waals surface area contributed by atoms with Crippen molar-refractivity contribution in [1.82, 2.24) is 9.88 Å². The largest absolute Gasteiger partial charge is 0.488 e. The Morgan fingerprint density at radius 1 is 0.818 bits per heavy atom. The maximum atomic E-state index is 10.2. The second-order valence-electron chi connectivity index (χ2n) is 11.1. The number of aryl methyl sites for hydroxylation is 1. The van der Waals surface area contributed by atoms with Crippen LogP contribution in [-0.4, -0.2) is 36.2 Å². The van der Waals surface area contributed by atoms with Crippen LogP contribution in [0.5, 0.6) is 23.0 Å². The molecule has 2 aliphatic heterocycles. The summed E-state index contributed by atoms with van der Waals surface area (Å²) >= 11 is 0. The Labute approximate surface area is 258 Å². The molecule has 8 heteroatoms. The van der Waals surface area contributed by atoms with Gasteiger partial charge in [-0.05, 0) is 73.8 Å². The molecule has 1 fully saturated rings. The molecule has 1 saturated heterocycles. The van der Waals surface area contributed by atoms with Gasteiger partial charge < -0.3 is 18.9 Å². The van der Waals surface area contributed by atoms with Gasteiger partial charge in [-0.25, -0.2) is 0 Å². The first kappa shape index (κ1) is 29.0. The third-order valence-electron chi connectivity index (χ3n) is 8.02. The van der Waals surface area contributed by atoms with Gasteiger partial charge in [0.05, 0.1) is 11.1 Å². The number of ether oxygens (including phenoxy) is 4. The lowest BCUT2D eigenvalue weighted by Gasteiger charge is -2.27. The fourth-order valence-electron chi connectivity index (χ4n) is 5.75. The summed E-state index contributed by atoms with van der Waals surface area (Å²) in [5.74, 6) is 2.83. The van der Waals surface area contributed by atoms with Crippen molar-refractivity contribution in [2.45, 2.75) is 45.9 Å². The van der Waals surface area contributed by atoms with Gasteiger partial charge in [-0.3, -0.25) is 9.88 Å². The Hall–Kier alpha value is -5.05. The van der Waals surface area contributed by atoms with Crippen LogP contribution in [0.3, 0.4) is 0 Å². The number of rotatable bonds is 9. The van der Waals surface area contributed by atoms with Crippen LogP contribution in [-0.2, 0) is 19.8 Å². The Morgan fingerprint density at radius 3 is 2.45 bits per heavy atom. The van der Waals surface area contributed by atoms with Gasteiger partial charge in [0, 0.05) is 41.7 Å². The smallest absolute Gasteiger partial charge is 0.161 e. The van der Waals surface area contributed by atoms with Crippen LogP contribution in [0.1, 0.15) is 52.6 Å². The quantitative estimate of drug-likeness (QED) is 0.213. The number of fused-ring (bicyclic) bond motifs is 1. The highest BCUT2D eigenvalue weighted by molar-refractivity contribution is 5.74. The summed E-state index contributed by atoms with van der Waals surface area (Å²) in [6, 6.07) is 22.0. The Kier molecular flexibility index (Phi) is 8.91. The number of piperidine rings is 1. The van der Waals surface area contributed by atoms with E-state index in [4.69, 9.17) is 18.9 Å². The SMILES string of the molecule is Cc1cc(CN2CCCCC2)c(OCc2cncc(C#N)c2)cc1OCc1cccc(-c2ccc3c(c2)OCCO3)c1C#N. The molecular formula is C36H34N4O4. The second kappa shape index (κ2) is 13.5. The zero-order chi connectivity index (χ0) is 30.3. The fraction of sp³-hybridized carbons (Fsp3) is 0.306. The number of hydrogen-bond acceptors (Lipinski definition) is 8. The summed E-state index contributed by atoms with van der Waals surface area (Å²) in [4.78, 5) is 6.63. The van der Waals surface area contributed by atoms with Crippen molar-refractivity contribution in [1.29, 1.82) is 10.5 Å². The number of aromatic nitrogens is 1. The van der Waals surface area contributed by atoms with Gasteiger partial charge in [0.1, 0.15) is 50.1 Å². The Morgan fingerprint density at radius 2 is 1.64 bits per heavy atom. The molecule has 4 aromatic rings. The fourth-order valence-corrected chi connectivity index (χ4v) is 5.75. The number of hydrogen-bond donors (Lipinski definition) is 0. The monoisotopic (exact) mass is 586 g/mol. The molecule has 2 aliphatic rings. The van der Waals surface area contributed by atoms with E-state index < -0.39 is 0 Å². The van der Waals surface area contributed by atoms with E-state index in [0.717, 1.165) is 58.8 Å². The van der Waals surface area contributed by atoms with Crippen LogP contribution in [0.2, 0.25) is 0 Å². The van der Waals surface area contributed by atoms with E-state index in [-0.39, 0.29) is 13.2 Å². The average molecular weight is 587 g/mol. The first-order valence-electron chi connectivity index (χ1n) is 15.0. The van der Waals surface area contributed by atoms with Crippen LogP contribution < -0.4 is 18.9 Å². The van der Waals surface area contributed by atoms with Crippen molar-refractivity contribution < 1.29 is 18.9 Å². The normalized spacial score (nSPS) is 14.3. The number of nitriles is 2. The van der Waals surface area contributed by atoms with Gasteiger partial charge in [-0.1, -0.05) is 30.7 Å². The van der Waals surface area contributed by atoms with E-state index in [1.807, 2.05) is 49.4 Å². The van der Waals surface area contributed by atoms with Gasteiger partial charge in [-0.15, -0.1) is 0 Å². The summed E-state index contributed by atoms with van der Waals surface area (Å²) in [5, 5.41) is 19.5. The first-order valence-corrected chi connectivity index (χ1v) is 15.0. The van der Waals surface area contributed by atoms with Crippen LogP contribution in [0, 0.1) is 29.6 Å². The molecule has 8 nitrogen and oxygen atoms in total. The Balaban J connectivity index is 1.25. The molecule has 0 unspecified atom stereocenters. The molecule has 6 rings (SSSR count). The Bertz CT molecular complexity index is 1730. The topological polar surface area (TPSA) is 101 Å². The molecule has 0 saturated carbocycles. The highest BCUT2D eigenvalue weighted by Gasteiger charge is 2.19. The molecule has 0 radical (unpaired) electrons. The van der Waals surface area contributed by atoms with Crippen molar-refractivity contribution in [2.24, 2.45) is 0 Å². The predicted molar refractivity (Wildman–Crippen MR) is 166 cm³/mol. The summed E-state index contributed by atoms with van der Waals surface area (Å²) < 4.78 is 24.2. The highest BCUT2D eigenvalue weighted by Crippen LogP contribution is 2.37. The first-order chi connectivity index (χ1) is 21.6. The number of likely N-dealkylation sites (tertiary alicyclic amines) is 1. The van der Waals surface area contributed by atoms with Crippen molar-refractivity contribution in [3.05, 3.63) is 100 Å². The lowest BCUT2D eigenvalue weighted by molar-refractivity contribution is 0.171. The summed E-state index contributed by atoms with van der Waals surface area (Å²) in [6.45, 7) is 6.51. The maximum Gasteiger partial charge on any atom is 0.161 e. The predicted octanol–water partition coefficient (Wildman–Crippen LogP) is 6.72. The van der Waals surface area contributed by atoms with Gasteiger partial charge in [0.15, 0.2) is 11.5 Å². The van der Waals surface area contributed by atoms with E-state index in [9.17, 15) is 10.5 Å². The van der Waals surface area contributed by atoms with Gasteiger partial charge in [0.25, 0.3) is 0 Å². The summed E-state index contributed by atoms with van der Waals surface area (Å²) in [6.07, 6.45) is 6.94. The van der Waals surface area contributed by atoms with Gasteiger partial charge in [0.2, 0.25) is 0 Å². The van der Waals surface area contributed by atoms with Crippen LogP contribution in [0.25, 0.3) is 11.1 Å². The molecule has 1 aromatic heterocycles. The van der Waals surface area contributed by atoms with E-state index >= 15 is 0 Å². The van der Waals surface area contributed by atoms with E-state index in [2.05, 4.69) is 28.1 Å². The zero-order valence-electron chi connectivity index (χ0n) is 24.8. The van der Waals surface area contributed by atoms with Crippen molar-refractivity contribution in [2.75, 3.05) is 26.3 Å². The molecule has 44 heavy (non-hydrogen) atoms. The third kappa shape index (κ3) is 6.62. The second-order valence-corrected chi connectivity index (χ2v) is 11.1. The molecule has 0 atom stereocenters. The molecule has 0 aliphatic carbocycles. The molecule has 0 amide bonds. The molecule has 3 aromatic carbocycles. The van der Waals surface area contributed by atoms with E-state index in [0.29, 0.717) is 41.6 Å². The summed E-state index contributed by atoms with van der Waals surface area (Å²) in [5.41, 5.74) is 6.47. The maximum absolute atomic E-state index is 10.2. The zero-order valence-corrected chi connectivity index (χ0v) is 24.8. The molecule has 0 bridgehead atoms. The molecule has 0 N–H and O–H groups in total. The molecule has 3 heterocycles. The minimum Gasteiger partial charge on any atom is -0.488 e. The molecular weight excluding hydrogens is 552 g/mol. The minimum absolute atomic E-state index is 0.223. The van der Waals surface area contributed by atoms with E-state index in [1.165, 1.54) is 19.3 Å². The van der Waals surface area contributed by atoms with Crippen molar-refractivity contribution >= 4 is 0 Å². The molecule has 0 spiro atoms. The van der Waals surface area contributed by atoms with Crippen molar-refractivity contribution in [3.8, 4) is 46.3 Å².